The highest BCUT2D eigenvalue weighted by Crippen LogP contribution is 2.31. The van der Waals surface area contributed by atoms with Gasteiger partial charge in [-0.05, 0) is 35.4 Å². The zero-order valence-corrected chi connectivity index (χ0v) is 10.9. The Morgan fingerprint density at radius 2 is 1.72 bits per heavy atom. The van der Waals surface area contributed by atoms with Crippen LogP contribution in [0.5, 0.6) is 0 Å². The molecule has 0 heterocycles. The van der Waals surface area contributed by atoms with Crippen LogP contribution in [-0.2, 0) is 0 Å². The molecule has 0 fully saturated rings. The number of anilines is 1. The molecule has 2 aromatic rings. The SMILES string of the molecule is N#C[C@H](c1ccc(Cl)cc1)c1ccc(N)cc1Cl. The van der Waals surface area contributed by atoms with Crippen LogP contribution in [0, 0.1) is 11.3 Å². The van der Waals surface area contributed by atoms with Crippen molar-refractivity contribution < 1.29 is 0 Å². The fraction of sp³-hybridized carbons (Fsp3) is 0.0714. The minimum Gasteiger partial charge on any atom is -0.399 e. The molecule has 2 rings (SSSR count). The van der Waals surface area contributed by atoms with Crippen LogP contribution in [0.2, 0.25) is 10.0 Å². The van der Waals surface area contributed by atoms with Crippen molar-refractivity contribution in [1.29, 1.82) is 5.26 Å². The van der Waals surface area contributed by atoms with E-state index in [1.165, 1.54) is 0 Å². The summed E-state index contributed by atoms with van der Waals surface area (Å²) in [6.07, 6.45) is 0. The lowest BCUT2D eigenvalue weighted by Gasteiger charge is -2.12. The number of hydrogen-bond acceptors (Lipinski definition) is 2. The maximum absolute atomic E-state index is 9.32. The standard InChI is InChI=1S/C14H10Cl2N2/c15-10-3-1-9(2-4-10)13(8-17)12-6-5-11(18)7-14(12)16/h1-7,13H,18H2/t13-/m1/s1. The molecule has 0 saturated heterocycles. The van der Waals surface area contributed by atoms with E-state index in [0.29, 0.717) is 15.7 Å². The van der Waals surface area contributed by atoms with E-state index >= 15 is 0 Å². The highest BCUT2D eigenvalue weighted by atomic mass is 35.5. The minimum absolute atomic E-state index is 0.421. The van der Waals surface area contributed by atoms with Crippen molar-refractivity contribution in [3.63, 3.8) is 0 Å². The fourth-order valence-corrected chi connectivity index (χ4v) is 2.18. The number of benzene rings is 2. The highest BCUT2D eigenvalue weighted by molar-refractivity contribution is 6.31. The summed E-state index contributed by atoms with van der Waals surface area (Å²) < 4.78 is 0. The van der Waals surface area contributed by atoms with Gasteiger partial charge in [0.2, 0.25) is 0 Å². The zero-order valence-electron chi connectivity index (χ0n) is 9.40. The molecule has 2 N–H and O–H groups in total. The number of hydrogen-bond donors (Lipinski definition) is 1. The van der Waals surface area contributed by atoms with Crippen molar-refractivity contribution in [1.82, 2.24) is 0 Å². The summed E-state index contributed by atoms with van der Waals surface area (Å²) in [6.45, 7) is 0. The summed E-state index contributed by atoms with van der Waals surface area (Å²) in [7, 11) is 0. The molecule has 90 valence electrons. The van der Waals surface area contributed by atoms with Crippen LogP contribution in [0.25, 0.3) is 0 Å². The lowest BCUT2D eigenvalue weighted by Crippen LogP contribution is -1.99. The predicted molar refractivity (Wildman–Crippen MR) is 74.8 cm³/mol. The summed E-state index contributed by atoms with van der Waals surface area (Å²) in [5, 5.41) is 10.5. The average Bonchev–Trinajstić information content (AvgIpc) is 2.35. The largest absolute Gasteiger partial charge is 0.399 e. The van der Waals surface area contributed by atoms with E-state index in [9.17, 15) is 5.26 Å². The van der Waals surface area contributed by atoms with Gasteiger partial charge < -0.3 is 5.73 Å². The van der Waals surface area contributed by atoms with Gasteiger partial charge in [-0.25, -0.2) is 0 Å². The van der Waals surface area contributed by atoms with E-state index in [4.69, 9.17) is 28.9 Å². The molecule has 0 aliphatic heterocycles. The molecule has 2 nitrogen and oxygen atoms in total. The minimum atomic E-state index is -0.421. The smallest absolute Gasteiger partial charge is 0.0977 e. The van der Waals surface area contributed by atoms with Crippen molar-refractivity contribution in [3.05, 3.63) is 63.6 Å². The Balaban J connectivity index is 2.46. The van der Waals surface area contributed by atoms with E-state index in [-0.39, 0.29) is 0 Å². The van der Waals surface area contributed by atoms with Gasteiger partial charge in [0.05, 0.1) is 12.0 Å². The van der Waals surface area contributed by atoms with Crippen molar-refractivity contribution in [2.24, 2.45) is 0 Å². The lowest BCUT2D eigenvalue weighted by atomic mass is 9.92. The quantitative estimate of drug-likeness (QED) is 0.835. The third-order valence-corrected chi connectivity index (χ3v) is 3.25. The number of nitrogens with zero attached hydrogens (tertiary/aromatic N) is 1. The van der Waals surface area contributed by atoms with E-state index in [1.54, 1.807) is 30.3 Å². The van der Waals surface area contributed by atoms with Crippen LogP contribution in [0.1, 0.15) is 17.0 Å². The second-order valence-corrected chi connectivity index (χ2v) is 4.74. The number of nitrogens with two attached hydrogens (primary N) is 1. The van der Waals surface area contributed by atoms with Gasteiger partial charge >= 0.3 is 0 Å². The first-order valence-corrected chi connectivity index (χ1v) is 6.07. The van der Waals surface area contributed by atoms with Crippen LogP contribution in [0.4, 0.5) is 5.69 Å². The maximum Gasteiger partial charge on any atom is 0.0977 e. The van der Waals surface area contributed by atoms with Crippen LogP contribution < -0.4 is 5.73 Å². The first-order chi connectivity index (χ1) is 8.61. The summed E-state index contributed by atoms with van der Waals surface area (Å²) >= 11 is 12.0. The molecule has 0 unspecified atom stereocenters. The number of rotatable bonds is 2. The first kappa shape index (κ1) is 12.8. The monoisotopic (exact) mass is 276 g/mol. The van der Waals surface area contributed by atoms with Crippen LogP contribution >= 0.6 is 23.2 Å². The molecule has 0 aliphatic rings. The van der Waals surface area contributed by atoms with Crippen molar-refractivity contribution in [2.45, 2.75) is 5.92 Å². The van der Waals surface area contributed by atoms with Crippen molar-refractivity contribution in [2.75, 3.05) is 5.73 Å². The Hall–Kier alpha value is -1.69. The molecule has 2 aromatic carbocycles. The van der Waals surface area contributed by atoms with Gasteiger partial charge in [-0.3, -0.25) is 0 Å². The molecule has 0 amide bonds. The lowest BCUT2D eigenvalue weighted by molar-refractivity contribution is 1.04. The molecule has 1 atom stereocenters. The normalized spacial score (nSPS) is 11.8. The Bertz CT molecular complexity index is 600. The summed E-state index contributed by atoms with van der Waals surface area (Å²) in [5.41, 5.74) is 7.82. The third kappa shape index (κ3) is 2.59. The van der Waals surface area contributed by atoms with Crippen LogP contribution in [0.15, 0.2) is 42.5 Å². The van der Waals surface area contributed by atoms with Gasteiger partial charge in [0, 0.05) is 15.7 Å². The molecule has 0 aliphatic carbocycles. The Kier molecular flexibility index (Phi) is 3.76. The third-order valence-electron chi connectivity index (χ3n) is 2.67. The number of nitriles is 1. The fourth-order valence-electron chi connectivity index (χ4n) is 1.76. The van der Waals surface area contributed by atoms with Crippen LogP contribution in [-0.4, -0.2) is 0 Å². The van der Waals surface area contributed by atoms with E-state index in [0.717, 1.165) is 11.1 Å². The maximum atomic E-state index is 9.32. The van der Waals surface area contributed by atoms with Gasteiger partial charge in [-0.15, -0.1) is 0 Å². The van der Waals surface area contributed by atoms with E-state index in [2.05, 4.69) is 6.07 Å². The molecule has 0 spiro atoms. The van der Waals surface area contributed by atoms with E-state index in [1.807, 2.05) is 12.1 Å². The molecule has 18 heavy (non-hydrogen) atoms. The Labute approximate surface area is 116 Å². The summed E-state index contributed by atoms with van der Waals surface area (Å²) in [4.78, 5) is 0. The molecular formula is C14H10Cl2N2. The van der Waals surface area contributed by atoms with Crippen LogP contribution in [0.3, 0.4) is 0 Å². The summed E-state index contributed by atoms with van der Waals surface area (Å²) in [5.74, 6) is -0.421. The first-order valence-electron chi connectivity index (χ1n) is 5.32. The number of halogens is 2. The topological polar surface area (TPSA) is 49.8 Å². The zero-order chi connectivity index (χ0) is 13.1. The molecule has 0 aromatic heterocycles. The Morgan fingerprint density at radius 3 is 2.28 bits per heavy atom. The summed E-state index contributed by atoms with van der Waals surface area (Å²) in [6, 6.07) is 14.6. The van der Waals surface area contributed by atoms with Gasteiger partial charge in [0.25, 0.3) is 0 Å². The van der Waals surface area contributed by atoms with Gasteiger partial charge in [0.1, 0.15) is 0 Å². The molecule has 0 bridgehead atoms. The van der Waals surface area contributed by atoms with Gasteiger partial charge in [-0.1, -0.05) is 41.4 Å². The van der Waals surface area contributed by atoms with Gasteiger partial charge in [0.15, 0.2) is 0 Å². The highest BCUT2D eigenvalue weighted by Gasteiger charge is 2.16. The molecule has 0 saturated carbocycles. The predicted octanol–water partition coefficient (Wildman–Crippen LogP) is 4.23. The second kappa shape index (κ2) is 5.30. The average molecular weight is 277 g/mol. The van der Waals surface area contributed by atoms with Crippen molar-refractivity contribution >= 4 is 28.9 Å². The molecular weight excluding hydrogens is 267 g/mol. The Morgan fingerprint density at radius 1 is 1.06 bits per heavy atom. The molecule has 0 radical (unpaired) electrons. The van der Waals surface area contributed by atoms with Gasteiger partial charge in [-0.2, -0.15) is 5.26 Å². The second-order valence-electron chi connectivity index (χ2n) is 3.89. The van der Waals surface area contributed by atoms with Crippen molar-refractivity contribution in [3.8, 4) is 6.07 Å². The number of nitrogen functional groups attached to an aromatic ring is 1. The van der Waals surface area contributed by atoms with E-state index < -0.39 is 5.92 Å². The molecule has 4 heteroatoms.